The Morgan fingerprint density at radius 3 is 2.34 bits per heavy atom. The summed E-state index contributed by atoms with van der Waals surface area (Å²) in [4.78, 5) is 16.3. The molecular formula is C22H20N6O3S. The molecule has 0 saturated heterocycles. The molecule has 0 aliphatic rings. The Hall–Kier alpha value is -4.18. The van der Waals surface area contributed by atoms with Crippen molar-refractivity contribution in [3.63, 3.8) is 0 Å². The van der Waals surface area contributed by atoms with Gasteiger partial charge >= 0.3 is 0 Å². The maximum absolute atomic E-state index is 12.4. The minimum atomic E-state index is -3.58. The second-order valence-electron chi connectivity index (χ2n) is 6.95. The summed E-state index contributed by atoms with van der Waals surface area (Å²) in [6, 6.07) is 20.7. The Morgan fingerprint density at radius 2 is 1.69 bits per heavy atom. The van der Waals surface area contributed by atoms with Crippen molar-refractivity contribution in [2.45, 2.75) is 5.75 Å². The van der Waals surface area contributed by atoms with Gasteiger partial charge in [-0.25, -0.2) is 13.4 Å². The molecule has 0 fully saturated rings. The van der Waals surface area contributed by atoms with Crippen LogP contribution in [0.2, 0.25) is 0 Å². The fraction of sp³-hybridized carbons (Fsp3) is 0.0455. The molecule has 10 heteroatoms. The van der Waals surface area contributed by atoms with E-state index >= 15 is 0 Å². The second-order valence-corrected chi connectivity index (χ2v) is 8.67. The van der Waals surface area contributed by atoms with Gasteiger partial charge in [0.2, 0.25) is 10.0 Å². The van der Waals surface area contributed by atoms with Crippen LogP contribution in [0.3, 0.4) is 0 Å². The Morgan fingerprint density at radius 1 is 0.969 bits per heavy atom. The van der Waals surface area contributed by atoms with Gasteiger partial charge in [0.05, 0.1) is 5.75 Å². The van der Waals surface area contributed by atoms with Gasteiger partial charge < -0.3 is 11.1 Å². The van der Waals surface area contributed by atoms with E-state index in [1.165, 1.54) is 0 Å². The van der Waals surface area contributed by atoms with Crippen LogP contribution in [0.15, 0.2) is 79.0 Å². The number of primary amides is 1. The Balaban J connectivity index is 1.54. The number of nitrogens with zero attached hydrogens (tertiary/aromatic N) is 2. The zero-order valence-corrected chi connectivity index (χ0v) is 17.6. The normalized spacial score (nSPS) is 11.1. The number of nitrogens with two attached hydrogens (primary N) is 1. The lowest BCUT2D eigenvalue weighted by Crippen LogP contribution is -2.15. The summed E-state index contributed by atoms with van der Waals surface area (Å²) in [6.07, 6.45) is 1.61. The summed E-state index contributed by atoms with van der Waals surface area (Å²) in [5.41, 5.74) is 7.78. The number of carbonyl (C=O) groups is 1. The molecular weight excluding hydrogens is 428 g/mol. The van der Waals surface area contributed by atoms with E-state index in [1.807, 2.05) is 6.07 Å². The van der Waals surface area contributed by atoms with Crippen molar-refractivity contribution in [2.75, 3.05) is 10.0 Å². The summed E-state index contributed by atoms with van der Waals surface area (Å²) in [7, 11) is -3.58. The monoisotopic (exact) mass is 448 g/mol. The molecule has 4 rings (SSSR count). The number of H-pyrrole nitrogens is 1. The molecule has 2 aromatic carbocycles. The van der Waals surface area contributed by atoms with Crippen LogP contribution in [0.25, 0.3) is 11.3 Å². The van der Waals surface area contributed by atoms with Crippen LogP contribution in [0.4, 0.5) is 17.3 Å². The van der Waals surface area contributed by atoms with Gasteiger partial charge in [-0.2, -0.15) is 5.10 Å². The summed E-state index contributed by atoms with van der Waals surface area (Å²) < 4.78 is 27.4. The number of hydrogen-bond acceptors (Lipinski definition) is 6. The van der Waals surface area contributed by atoms with E-state index in [1.54, 1.807) is 72.9 Å². The van der Waals surface area contributed by atoms with Crippen LogP contribution in [0, 0.1) is 0 Å². The van der Waals surface area contributed by atoms with Gasteiger partial charge in [0.15, 0.2) is 0 Å². The molecule has 0 radical (unpaired) electrons. The third kappa shape index (κ3) is 4.93. The Kier molecular flexibility index (Phi) is 5.86. The van der Waals surface area contributed by atoms with Crippen molar-refractivity contribution in [2.24, 2.45) is 5.73 Å². The SMILES string of the molecule is NC(=O)c1c(-c2ccc(NS(=O)(=O)Cc3ccccc3)cc2)n[nH]c1Nc1ccccn1. The third-order valence-corrected chi connectivity index (χ3v) is 5.82. The maximum Gasteiger partial charge on any atom is 0.254 e. The largest absolute Gasteiger partial charge is 0.365 e. The third-order valence-electron chi connectivity index (χ3n) is 4.56. The van der Waals surface area contributed by atoms with Gasteiger partial charge in [-0.15, -0.1) is 0 Å². The number of aromatic amines is 1. The molecule has 2 aromatic heterocycles. The number of aromatic nitrogens is 3. The van der Waals surface area contributed by atoms with E-state index in [0.717, 1.165) is 0 Å². The minimum Gasteiger partial charge on any atom is -0.365 e. The molecule has 0 spiro atoms. The number of benzene rings is 2. The van der Waals surface area contributed by atoms with E-state index < -0.39 is 15.9 Å². The first-order chi connectivity index (χ1) is 15.4. The predicted molar refractivity (Wildman–Crippen MR) is 123 cm³/mol. The highest BCUT2D eigenvalue weighted by atomic mass is 32.2. The quantitative estimate of drug-likeness (QED) is 0.326. The summed E-state index contributed by atoms with van der Waals surface area (Å²) in [6.45, 7) is 0. The Bertz CT molecular complexity index is 1320. The Labute approximate surface area is 184 Å². The standard InChI is InChI=1S/C22H20N6O3S/c23-21(29)19-20(26-27-22(19)25-18-8-4-5-13-24-18)16-9-11-17(12-10-16)28-32(30,31)14-15-6-2-1-3-7-15/h1-13,28H,14H2,(H2,23,29)(H2,24,25,26,27). The van der Waals surface area contributed by atoms with E-state index in [4.69, 9.17) is 5.73 Å². The number of sulfonamides is 1. The van der Waals surface area contributed by atoms with E-state index in [2.05, 4.69) is 25.2 Å². The number of amides is 1. The van der Waals surface area contributed by atoms with Crippen molar-refractivity contribution in [1.82, 2.24) is 15.2 Å². The molecule has 9 nitrogen and oxygen atoms in total. The molecule has 4 aromatic rings. The van der Waals surface area contributed by atoms with Gasteiger partial charge in [-0.3, -0.25) is 14.6 Å². The predicted octanol–water partition coefficient (Wildman–Crippen LogP) is 3.26. The summed E-state index contributed by atoms with van der Waals surface area (Å²) in [5, 5.41) is 9.97. The molecule has 0 atom stereocenters. The second kappa shape index (κ2) is 8.90. The number of nitrogens with one attached hydrogen (secondary N) is 3. The zero-order chi connectivity index (χ0) is 22.6. The molecule has 0 aliphatic carbocycles. The number of pyridine rings is 1. The lowest BCUT2D eigenvalue weighted by Gasteiger charge is -2.09. The van der Waals surface area contributed by atoms with Crippen LogP contribution < -0.4 is 15.8 Å². The molecule has 0 bridgehead atoms. The first kappa shape index (κ1) is 21.1. The van der Waals surface area contributed by atoms with Gasteiger partial charge in [0.1, 0.15) is 22.9 Å². The first-order valence-electron chi connectivity index (χ1n) is 9.62. The maximum atomic E-state index is 12.4. The average Bonchev–Trinajstić information content (AvgIpc) is 3.19. The molecule has 2 heterocycles. The molecule has 0 aliphatic heterocycles. The molecule has 1 amide bonds. The van der Waals surface area contributed by atoms with Crippen LogP contribution in [-0.4, -0.2) is 29.5 Å². The number of carbonyl (C=O) groups excluding carboxylic acids is 1. The summed E-state index contributed by atoms with van der Waals surface area (Å²) in [5.74, 6) is 0.0376. The molecule has 0 saturated carbocycles. The smallest absolute Gasteiger partial charge is 0.254 e. The topological polar surface area (TPSA) is 143 Å². The van der Waals surface area contributed by atoms with Crippen LogP contribution in [0.5, 0.6) is 0 Å². The van der Waals surface area contributed by atoms with Crippen molar-refractivity contribution in [3.05, 3.63) is 90.1 Å². The number of rotatable bonds is 8. The lowest BCUT2D eigenvalue weighted by atomic mass is 10.1. The highest BCUT2D eigenvalue weighted by Gasteiger charge is 2.20. The lowest BCUT2D eigenvalue weighted by molar-refractivity contribution is 0.100. The number of anilines is 3. The number of hydrogen-bond donors (Lipinski definition) is 4. The summed E-state index contributed by atoms with van der Waals surface area (Å²) >= 11 is 0. The van der Waals surface area contributed by atoms with Gasteiger partial charge in [0, 0.05) is 17.4 Å². The molecule has 0 unspecified atom stereocenters. The fourth-order valence-electron chi connectivity index (χ4n) is 3.15. The van der Waals surface area contributed by atoms with Crippen LogP contribution in [-0.2, 0) is 15.8 Å². The van der Waals surface area contributed by atoms with Crippen molar-refractivity contribution < 1.29 is 13.2 Å². The van der Waals surface area contributed by atoms with Gasteiger partial charge in [0.25, 0.3) is 5.91 Å². The van der Waals surface area contributed by atoms with Crippen LogP contribution >= 0.6 is 0 Å². The highest BCUT2D eigenvalue weighted by Crippen LogP contribution is 2.29. The van der Waals surface area contributed by atoms with Crippen molar-refractivity contribution >= 4 is 33.3 Å². The zero-order valence-electron chi connectivity index (χ0n) is 16.8. The highest BCUT2D eigenvalue weighted by molar-refractivity contribution is 7.91. The van der Waals surface area contributed by atoms with Crippen molar-refractivity contribution in [1.29, 1.82) is 0 Å². The van der Waals surface area contributed by atoms with E-state index in [9.17, 15) is 13.2 Å². The average molecular weight is 449 g/mol. The van der Waals surface area contributed by atoms with E-state index in [0.29, 0.717) is 34.1 Å². The first-order valence-corrected chi connectivity index (χ1v) is 11.3. The van der Waals surface area contributed by atoms with Gasteiger partial charge in [-0.05, 0) is 29.8 Å². The molecule has 32 heavy (non-hydrogen) atoms. The van der Waals surface area contributed by atoms with Crippen LogP contribution in [0.1, 0.15) is 15.9 Å². The van der Waals surface area contributed by atoms with Crippen molar-refractivity contribution in [3.8, 4) is 11.3 Å². The van der Waals surface area contributed by atoms with Gasteiger partial charge in [-0.1, -0.05) is 48.5 Å². The molecule has 162 valence electrons. The van der Waals surface area contributed by atoms with E-state index in [-0.39, 0.29) is 11.3 Å². The minimum absolute atomic E-state index is 0.136. The fourth-order valence-corrected chi connectivity index (χ4v) is 4.35. The molecule has 5 N–H and O–H groups in total.